The summed E-state index contributed by atoms with van der Waals surface area (Å²) in [6.45, 7) is 14.6. The van der Waals surface area contributed by atoms with E-state index in [1.54, 1.807) is 24.0 Å². The molecule has 2 aromatic carbocycles. The van der Waals surface area contributed by atoms with Gasteiger partial charge in [0.1, 0.15) is 5.82 Å². The van der Waals surface area contributed by atoms with E-state index in [1.165, 1.54) is 23.1 Å². The van der Waals surface area contributed by atoms with Gasteiger partial charge >= 0.3 is 12.0 Å². The van der Waals surface area contributed by atoms with Crippen molar-refractivity contribution in [2.75, 3.05) is 45.9 Å². The first kappa shape index (κ1) is 30.0. The predicted molar refractivity (Wildman–Crippen MR) is 156 cm³/mol. The van der Waals surface area contributed by atoms with Crippen molar-refractivity contribution in [1.82, 2.24) is 20.0 Å². The number of piperazine rings is 1. The van der Waals surface area contributed by atoms with Crippen LogP contribution in [0.15, 0.2) is 72.5 Å². The summed E-state index contributed by atoms with van der Waals surface area (Å²) >= 11 is 0. The summed E-state index contributed by atoms with van der Waals surface area (Å²) < 4.78 is 19.2. The molecule has 3 amide bonds. The normalized spacial score (nSPS) is 18.3. The Bertz CT molecular complexity index is 1320. The van der Waals surface area contributed by atoms with Crippen LogP contribution in [0.2, 0.25) is 0 Å². The van der Waals surface area contributed by atoms with Crippen LogP contribution in [-0.4, -0.2) is 78.5 Å². The molecular formula is C32H39FN4O4. The Labute approximate surface area is 241 Å². The van der Waals surface area contributed by atoms with Crippen molar-refractivity contribution in [3.05, 3.63) is 95.0 Å². The number of carbonyl (C=O) groups excluding carboxylic acids is 3. The van der Waals surface area contributed by atoms with E-state index in [1.807, 2.05) is 24.3 Å². The lowest BCUT2D eigenvalue weighted by atomic mass is 9.85. The second kappa shape index (κ2) is 12.7. The Balaban J connectivity index is 1.63. The Hall–Kier alpha value is -3.98. The standard InChI is InChI=1S/C32H39FN4O4/c1-6-15-37-26(21-35-16-18-36(19-17-35)29(38)23-9-8-10-25(33)20-23)27(30(39)41-7-2)28(34-31(37)40)22-11-13-24(14-12-22)32(3,4)5/h6,8-14,20,28H,1,7,15-19,21H2,2-5H3,(H,34,40). The van der Waals surface area contributed by atoms with E-state index in [9.17, 15) is 18.8 Å². The van der Waals surface area contributed by atoms with Gasteiger partial charge in [-0.1, -0.05) is 57.2 Å². The van der Waals surface area contributed by atoms with Gasteiger partial charge in [-0.15, -0.1) is 6.58 Å². The minimum Gasteiger partial charge on any atom is -0.463 e. The number of nitrogens with zero attached hydrogens (tertiary/aromatic N) is 3. The zero-order chi connectivity index (χ0) is 29.7. The average molecular weight is 563 g/mol. The lowest BCUT2D eigenvalue weighted by molar-refractivity contribution is -0.139. The first-order valence-electron chi connectivity index (χ1n) is 14.0. The molecule has 1 unspecified atom stereocenters. The third-order valence-corrected chi connectivity index (χ3v) is 7.46. The molecule has 2 aliphatic rings. The molecule has 0 spiro atoms. The summed E-state index contributed by atoms with van der Waals surface area (Å²) in [5.41, 5.74) is 3.14. The van der Waals surface area contributed by atoms with E-state index in [-0.39, 0.29) is 30.5 Å². The minimum atomic E-state index is -0.678. The number of halogens is 1. The van der Waals surface area contributed by atoms with Crippen molar-refractivity contribution in [2.24, 2.45) is 0 Å². The molecule has 9 heteroatoms. The first-order chi connectivity index (χ1) is 19.5. The molecule has 218 valence electrons. The van der Waals surface area contributed by atoms with Gasteiger partial charge in [-0.2, -0.15) is 0 Å². The molecule has 41 heavy (non-hydrogen) atoms. The molecule has 0 aliphatic carbocycles. The van der Waals surface area contributed by atoms with Crippen molar-refractivity contribution >= 4 is 17.9 Å². The smallest absolute Gasteiger partial charge is 0.338 e. The van der Waals surface area contributed by atoms with Crippen molar-refractivity contribution in [3.63, 3.8) is 0 Å². The van der Waals surface area contributed by atoms with Gasteiger partial charge in [-0.05, 0) is 41.7 Å². The number of rotatable bonds is 8. The van der Waals surface area contributed by atoms with Crippen molar-refractivity contribution in [1.29, 1.82) is 0 Å². The molecule has 8 nitrogen and oxygen atoms in total. The van der Waals surface area contributed by atoms with Crippen LogP contribution in [0.4, 0.5) is 9.18 Å². The van der Waals surface area contributed by atoms with E-state index >= 15 is 0 Å². The molecule has 0 bridgehead atoms. The summed E-state index contributed by atoms with van der Waals surface area (Å²) in [6, 6.07) is 12.6. The number of carbonyl (C=O) groups is 3. The maximum absolute atomic E-state index is 13.7. The van der Waals surface area contributed by atoms with E-state index in [2.05, 4.69) is 37.6 Å². The number of benzene rings is 2. The molecule has 1 fully saturated rings. The molecule has 0 aromatic heterocycles. The molecular weight excluding hydrogens is 523 g/mol. The number of ether oxygens (including phenoxy) is 1. The SMILES string of the molecule is C=CCN1C(=O)NC(c2ccc(C(C)(C)C)cc2)C(C(=O)OCC)=C1CN1CCN(C(=O)c2cccc(F)c2)CC1. The molecule has 2 aliphatic heterocycles. The third-order valence-electron chi connectivity index (χ3n) is 7.46. The van der Waals surface area contributed by atoms with Gasteiger partial charge in [0, 0.05) is 50.5 Å². The monoisotopic (exact) mass is 562 g/mol. The van der Waals surface area contributed by atoms with Crippen molar-refractivity contribution in [2.45, 2.75) is 39.2 Å². The number of hydrogen-bond donors (Lipinski definition) is 1. The molecule has 2 aromatic rings. The molecule has 1 atom stereocenters. The zero-order valence-electron chi connectivity index (χ0n) is 24.3. The van der Waals surface area contributed by atoms with Gasteiger partial charge in [-0.3, -0.25) is 14.6 Å². The second-order valence-electron chi connectivity index (χ2n) is 11.3. The van der Waals surface area contributed by atoms with Crippen LogP contribution in [0.3, 0.4) is 0 Å². The number of amides is 3. The van der Waals surface area contributed by atoms with Gasteiger partial charge in [0.05, 0.1) is 18.2 Å². The fourth-order valence-corrected chi connectivity index (χ4v) is 5.20. The highest BCUT2D eigenvalue weighted by Crippen LogP contribution is 2.33. The van der Waals surface area contributed by atoms with Crippen molar-refractivity contribution in [3.8, 4) is 0 Å². The highest BCUT2D eigenvalue weighted by Gasteiger charge is 2.39. The van der Waals surface area contributed by atoms with E-state index in [0.717, 1.165) is 11.1 Å². The lowest BCUT2D eigenvalue weighted by Gasteiger charge is -2.40. The summed E-state index contributed by atoms with van der Waals surface area (Å²) in [5.74, 6) is -1.16. The maximum atomic E-state index is 13.7. The third kappa shape index (κ3) is 6.85. The van der Waals surface area contributed by atoms with Gasteiger partial charge in [0.25, 0.3) is 5.91 Å². The number of hydrogen-bond acceptors (Lipinski definition) is 5. The Kier molecular flexibility index (Phi) is 9.28. The minimum absolute atomic E-state index is 0.0434. The summed E-state index contributed by atoms with van der Waals surface area (Å²) in [5, 5.41) is 3.01. The highest BCUT2D eigenvalue weighted by atomic mass is 19.1. The predicted octanol–water partition coefficient (Wildman–Crippen LogP) is 4.65. The fraction of sp³-hybridized carbons (Fsp3) is 0.406. The Morgan fingerprint density at radius 3 is 2.37 bits per heavy atom. The van der Waals surface area contributed by atoms with Gasteiger partial charge in [0.2, 0.25) is 0 Å². The number of esters is 1. The van der Waals surface area contributed by atoms with Crippen LogP contribution in [0.5, 0.6) is 0 Å². The van der Waals surface area contributed by atoms with Crippen LogP contribution < -0.4 is 5.32 Å². The quantitative estimate of drug-likeness (QED) is 0.374. The topological polar surface area (TPSA) is 82.2 Å². The fourth-order valence-electron chi connectivity index (χ4n) is 5.20. The maximum Gasteiger partial charge on any atom is 0.338 e. The largest absolute Gasteiger partial charge is 0.463 e. The number of urea groups is 1. The van der Waals surface area contributed by atoms with E-state index in [0.29, 0.717) is 49.6 Å². The van der Waals surface area contributed by atoms with Crippen LogP contribution in [0.1, 0.15) is 55.2 Å². The Morgan fingerprint density at radius 2 is 1.78 bits per heavy atom. The average Bonchev–Trinajstić information content (AvgIpc) is 2.94. The van der Waals surface area contributed by atoms with Crippen LogP contribution in [0.25, 0.3) is 0 Å². The Morgan fingerprint density at radius 1 is 1.10 bits per heavy atom. The van der Waals surface area contributed by atoms with Crippen molar-refractivity contribution < 1.29 is 23.5 Å². The molecule has 2 heterocycles. The highest BCUT2D eigenvalue weighted by molar-refractivity contribution is 5.95. The van der Waals surface area contributed by atoms with Gasteiger partial charge < -0.3 is 15.0 Å². The summed E-state index contributed by atoms with van der Waals surface area (Å²) in [7, 11) is 0. The van der Waals surface area contributed by atoms with Crippen LogP contribution in [0, 0.1) is 5.82 Å². The molecule has 1 saturated heterocycles. The summed E-state index contributed by atoms with van der Waals surface area (Å²) in [4.78, 5) is 45.1. The molecule has 1 N–H and O–H groups in total. The van der Waals surface area contributed by atoms with Crippen LogP contribution >= 0.6 is 0 Å². The van der Waals surface area contributed by atoms with E-state index < -0.39 is 17.8 Å². The number of nitrogens with one attached hydrogen (secondary N) is 1. The molecule has 0 radical (unpaired) electrons. The van der Waals surface area contributed by atoms with Gasteiger partial charge in [0.15, 0.2) is 0 Å². The second-order valence-corrected chi connectivity index (χ2v) is 11.3. The molecule has 0 saturated carbocycles. The first-order valence-corrected chi connectivity index (χ1v) is 14.0. The van der Waals surface area contributed by atoms with Gasteiger partial charge in [-0.25, -0.2) is 14.0 Å². The van der Waals surface area contributed by atoms with Crippen LogP contribution in [-0.2, 0) is 14.9 Å². The zero-order valence-corrected chi connectivity index (χ0v) is 24.3. The molecule has 4 rings (SSSR count). The van der Waals surface area contributed by atoms with E-state index in [4.69, 9.17) is 4.74 Å². The summed E-state index contributed by atoms with van der Waals surface area (Å²) in [6.07, 6.45) is 1.62. The lowest BCUT2D eigenvalue weighted by Crippen LogP contribution is -2.53.